The molecule has 1 aliphatic heterocycles. The van der Waals surface area contributed by atoms with Crippen LogP contribution in [0.15, 0.2) is 28.7 Å². The normalized spacial score (nSPS) is 21.3. The van der Waals surface area contributed by atoms with E-state index in [9.17, 15) is 14.4 Å². The van der Waals surface area contributed by atoms with Crippen molar-refractivity contribution in [3.05, 3.63) is 34.3 Å². The van der Waals surface area contributed by atoms with E-state index in [-0.39, 0.29) is 5.78 Å². The summed E-state index contributed by atoms with van der Waals surface area (Å²) < 4.78 is 0.912. The molecule has 5 nitrogen and oxygen atoms in total. The summed E-state index contributed by atoms with van der Waals surface area (Å²) in [5, 5.41) is 0. The summed E-state index contributed by atoms with van der Waals surface area (Å²) in [6, 6.07) is 6.93. The Morgan fingerprint density at radius 1 is 1.22 bits per heavy atom. The van der Waals surface area contributed by atoms with E-state index in [1.807, 2.05) is 43.3 Å². The largest absolute Gasteiger partial charge is 0.328 e. The van der Waals surface area contributed by atoms with Crippen LogP contribution in [0.4, 0.5) is 0 Å². The summed E-state index contributed by atoms with van der Waals surface area (Å²) in [7, 11) is 3.92. The van der Waals surface area contributed by atoms with Crippen molar-refractivity contribution in [2.75, 3.05) is 27.2 Å². The van der Waals surface area contributed by atoms with Gasteiger partial charge in [0.25, 0.3) is 5.91 Å². The van der Waals surface area contributed by atoms with E-state index in [0.717, 1.165) is 23.0 Å². The van der Waals surface area contributed by atoms with Crippen LogP contribution in [0.3, 0.4) is 0 Å². The van der Waals surface area contributed by atoms with Crippen molar-refractivity contribution in [1.29, 1.82) is 0 Å². The molecule has 2 rings (SSSR count). The standard InChI is InChI=1S/C17H21BrN2O3/c1-11(21)14-15(12-5-7-13(18)8-6-12)20(17(23)16(14)22)10-4-9-19(2)3/h5-8,14-15H,4,9-10H2,1-3H3. The molecule has 0 radical (unpaired) electrons. The summed E-state index contributed by atoms with van der Waals surface area (Å²) in [5.74, 6) is -2.29. The van der Waals surface area contributed by atoms with Gasteiger partial charge in [0.1, 0.15) is 11.7 Å². The molecule has 1 heterocycles. The lowest BCUT2D eigenvalue weighted by Gasteiger charge is -2.27. The molecule has 0 bridgehead atoms. The summed E-state index contributed by atoms with van der Waals surface area (Å²) in [6.07, 6.45) is 0.754. The molecular weight excluding hydrogens is 360 g/mol. The molecule has 124 valence electrons. The molecule has 2 unspecified atom stereocenters. The number of likely N-dealkylation sites (tertiary alicyclic amines) is 1. The molecule has 6 heteroatoms. The summed E-state index contributed by atoms with van der Waals surface area (Å²) in [5.41, 5.74) is 0.817. The maximum atomic E-state index is 12.3. The van der Waals surface area contributed by atoms with E-state index in [0.29, 0.717) is 6.54 Å². The Balaban J connectivity index is 2.32. The van der Waals surface area contributed by atoms with Gasteiger partial charge in [0.05, 0.1) is 6.04 Å². The molecule has 0 spiro atoms. The third-order valence-electron chi connectivity index (χ3n) is 4.06. The van der Waals surface area contributed by atoms with Crippen LogP contribution in [0.25, 0.3) is 0 Å². The predicted octanol–water partition coefficient (Wildman–Crippen LogP) is 2.06. The van der Waals surface area contributed by atoms with Crippen molar-refractivity contribution in [3.8, 4) is 0 Å². The third-order valence-corrected chi connectivity index (χ3v) is 4.59. The average Bonchev–Trinajstić information content (AvgIpc) is 2.72. The van der Waals surface area contributed by atoms with Gasteiger partial charge in [0, 0.05) is 11.0 Å². The second-order valence-corrected chi connectivity index (χ2v) is 7.02. The number of halogens is 1. The number of hydrogen-bond acceptors (Lipinski definition) is 4. The van der Waals surface area contributed by atoms with Crippen molar-refractivity contribution in [3.63, 3.8) is 0 Å². The Bertz CT molecular complexity index is 613. The summed E-state index contributed by atoms with van der Waals surface area (Å²) in [4.78, 5) is 40.2. The van der Waals surface area contributed by atoms with Crippen LogP contribution in [0, 0.1) is 5.92 Å². The number of carbonyl (C=O) groups excluding carboxylic acids is 3. The smallest absolute Gasteiger partial charge is 0.291 e. The van der Waals surface area contributed by atoms with Crippen LogP contribution in [0.5, 0.6) is 0 Å². The first-order valence-electron chi connectivity index (χ1n) is 7.58. The molecule has 1 amide bonds. The highest BCUT2D eigenvalue weighted by molar-refractivity contribution is 9.10. The zero-order chi connectivity index (χ0) is 17.1. The fourth-order valence-corrected chi connectivity index (χ4v) is 3.23. The van der Waals surface area contributed by atoms with Crippen molar-refractivity contribution in [2.45, 2.75) is 19.4 Å². The third kappa shape index (κ3) is 3.87. The molecule has 1 fully saturated rings. The molecule has 0 aromatic heterocycles. The van der Waals surface area contributed by atoms with Crippen molar-refractivity contribution in [2.24, 2.45) is 5.92 Å². The van der Waals surface area contributed by atoms with Crippen molar-refractivity contribution in [1.82, 2.24) is 9.80 Å². The monoisotopic (exact) mass is 380 g/mol. The fourth-order valence-electron chi connectivity index (χ4n) is 2.96. The summed E-state index contributed by atoms with van der Waals surface area (Å²) in [6.45, 7) is 2.66. The molecule has 1 aliphatic rings. The maximum absolute atomic E-state index is 12.3. The van der Waals surface area contributed by atoms with Crippen molar-refractivity contribution >= 4 is 33.4 Å². The molecule has 0 N–H and O–H groups in total. The van der Waals surface area contributed by atoms with Crippen molar-refractivity contribution < 1.29 is 14.4 Å². The zero-order valence-electron chi connectivity index (χ0n) is 13.6. The lowest BCUT2D eigenvalue weighted by atomic mass is 9.90. The lowest BCUT2D eigenvalue weighted by Crippen LogP contribution is -2.32. The zero-order valence-corrected chi connectivity index (χ0v) is 15.2. The van der Waals surface area contributed by atoms with Crippen LogP contribution in [0.2, 0.25) is 0 Å². The van der Waals surface area contributed by atoms with Gasteiger partial charge in [0.2, 0.25) is 5.78 Å². The number of benzene rings is 1. The molecule has 1 saturated heterocycles. The van der Waals surface area contributed by atoms with Gasteiger partial charge in [-0.1, -0.05) is 28.1 Å². The van der Waals surface area contributed by atoms with Gasteiger partial charge in [-0.25, -0.2) is 0 Å². The first-order chi connectivity index (χ1) is 10.8. The fraction of sp³-hybridized carbons (Fsp3) is 0.471. The number of Topliss-reactive ketones (excluding diaryl/α,β-unsaturated/α-hetero) is 2. The van der Waals surface area contributed by atoms with Crippen LogP contribution >= 0.6 is 15.9 Å². The maximum Gasteiger partial charge on any atom is 0.291 e. The van der Waals surface area contributed by atoms with E-state index in [1.54, 1.807) is 4.90 Å². The topological polar surface area (TPSA) is 57.7 Å². The highest BCUT2D eigenvalue weighted by atomic mass is 79.9. The van der Waals surface area contributed by atoms with E-state index in [2.05, 4.69) is 15.9 Å². The molecular formula is C17H21BrN2O3. The SMILES string of the molecule is CC(=O)C1C(=O)C(=O)N(CCCN(C)C)C1c1ccc(Br)cc1. The second kappa shape index (κ2) is 7.36. The molecule has 0 saturated carbocycles. The minimum atomic E-state index is -0.900. The molecule has 0 aliphatic carbocycles. The average molecular weight is 381 g/mol. The molecule has 2 atom stereocenters. The van der Waals surface area contributed by atoms with Gasteiger partial charge in [-0.3, -0.25) is 14.4 Å². The highest BCUT2D eigenvalue weighted by Gasteiger charge is 2.49. The van der Waals surface area contributed by atoms with E-state index < -0.39 is 23.7 Å². The number of ketones is 2. The van der Waals surface area contributed by atoms with Crippen LogP contribution in [-0.2, 0) is 14.4 Å². The van der Waals surface area contributed by atoms with Crippen LogP contribution < -0.4 is 0 Å². The van der Waals surface area contributed by atoms with Crippen LogP contribution in [0.1, 0.15) is 24.9 Å². The molecule has 1 aromatic rings. The summed E-state index contributed by atoms with van der Waals surface area (Å²) >= 11 is 3.37. The number of carbonyl (C=O) groups is 3. The van der Waals surface area contributed by atoms with E-state index in [4.69, 9.17) is 0 Å². The highest BCUT2D eigenvalue weighted by Crippen LogP contribution is 2.37. The quantitative estimate of drug-likeness (QED) is 0.559. The number of amides is 1. The first-order valence-corrected chi connectivity index (χ1v) is 8.37. The molecule has 1 aromatic carbocycles. The lowest BCUT2D eigenvalue weighted by molar-refractivity contribution is -0.142. The Hall–Kier alpha value is -1.53. The Morgan fingerprint density at radius 3 is 2.35 bits per heavy atom. The van der Waals surface area contributed by atoms with Gasteiger partial charge in [-0.15, -0.1) is 0 Å². The van der Waals surface area contributed by atoms with E-state index in [1.165, 1.54) is 6.92 Å². The number of rotatable bonds is 6. The Labute approximate surface area is 144 Å². The Kier molecular flexibility index (Phi) is 5.70. The first kappa shape index (κ1) is 17.8. The number of hydrogen-bond donors (Lipinski definition) is 0. The van der Waals surface area contributed by atoms with Gasteiger partial charge >= 0.3 is 0 Å². The minimum Gasteiger partial charge on any atom is -0.328 e. The molecule has 23 heavy (non-hydrogen) atoms. The minimum absolute atomic E-state index is 0.258. The predicted molar refractivity (Wildman–Crippen MR) is 90.9 cm³/mol. The number of nitrogens with zero attached hydrogens (tertiary/aromatic N) is 2. The van der Waals surface area contributed by atoms with E-state index >= 15 is 0 Å². The van der Waals surface area contributed by atoms with Gasteiger partial charge < -0.3 is 9.80 Å². The second-order valence-electron chi connectivity index (χ2n) is 6.10. The van der Waals surface area contributed by atoms with Crippen LogP contribution in [-0.4, -0.2) is 54.5 Å². The van der Waals surface area contributed by atoms with Gasteiger partial charge in [-0.05, 0) is 51.7 Å². The Morgan fingerprint density at radius 2 is 1.83 bits per heavy atom. The van der Waals surface area contributed by atoms with Gasteiger partial charge in [0.15, 0.2) is 0 Å². The van der Waals surface area contributed by atoms with Gasteiger partial charge in [-0.2, -0.15) is 0 Å².